The lowest BCUT2D eigenvalue weighted by atomic mass is 10.1. The Morgan fingerprint density at radius 1 is 1.24 bits per heavy atom. The molecule has 0 saturated carbocycles. The molecule has 0 aromatic heterocycles. The van der Waals surface area contributed by atoms with Crippen LogP contribution < -0.4 is 16.0 Å². The average molecular weight is 511 g/mol. The van der Waals surface area contributed by atoms with E-state index in [0.29, 0.717) is 29.2 Å². The van der Waals surface area contributed by atoms with E-state index in [2.05, 4.69) is 42.1 Å². The molecule has 0 unspecified atom stereocenters. The number of piperazine rings is 1. The van der Waals surface area contributed by atoms with Gasteiger partial charge in [-0.25, -0.2) is 0 Å². The molecule has 33 heavy (non-hydrogen) atoms. The Labute approximate surface area is 202 Å². The molecule has 2 aromatic carbocycles. The zero-order valence-corrected chi connectivity index (χ0v) is 20.0. The third kappa shape index (κ3) is 6.42. The predicted octanol–water partition coefficient (Wildman–Crippen LogP) is 3.01. The van der Waals surface area contributed by atoms with E-state index in [1.807, 2.05) is 30.3 Å². The van der Waals surface area contributed by atoms with Gasteiger partial charge in [0, 0.05) is 49.1 Å². The maximum Gasteiger partial charge on any atom is 0.258 e. The fraction of sp³-hybridized carbons (Fsp3) is 0.292. The molecule has 1 fully saturated rings. The Morgan fingerprint density at radius 2 is 1.94 bits per heavy atom. The van der Waals surface area contributed by atoms with Crippen molar-refractivity contribution in [2.24, 2.45) is 10.7 Å². The van der Waals surface area contributed by atoms with Crippen molar-refractivity contribution in [1.29, 1.82) is 5.26 Å². The maximum absolute atomic E-state index is 12.8. The van der Waals surface area contributed by atoms with Gasteiger partial charge in [-0.1, -0.05) is 15.9 Å². The van der Waals surface area contributed by atoms with Gasteiger partial charge < -0.3 is 21.1 Å². The topological polar surface area (TPSA) is 118 Å². The summed E-state index contributed by atoms with van der Waals surface area (Å²) in [6.07, 6.45) is 1.23. The molecule has 1 aliphatic heterocycles. The number of nitrogens with one attached hydrogen (secondary N) is 1. The quantitative estimate of drug-likeness (QED) is 0.389. The van der Waals surface area contributed by atoms with Gasteiger partial charge in [0.1, 0.15) is 6.07 Å². The Hall–Kier alpha value is -3.19. The second kappa shape index (κ2) is 11.6. The summed E-state index contributed by atoms with van der Waals surface area (Å²) in [4.78, 5) is 21.7. The highest BCUT2D eigenvalue weighted by atomic mass is 79.9. The summed E-state index contributed by atoms with van der Waals surface area (Å²) < 4.78 is 0.940. The number of nitrogens with two attached hydrogens (primary N) is 1. The van der Waals surface area contributed by atoms with E-state index in [0.717, 1.165) is 36.3 Å². The van der Waals surface area contributed by atoms with Gasteiger partial charge >= 0.3 is 0 Å². The number of anilines is 2. The number of carbonyl (C=O) groups excluding carboxylic acids is 1. The van der Waals surface area contributed by atoms with Crippen LogP contribution in [0.25, 0.3) is 0 Å². The number of β-amino-alcohol motifs (C(OH)–C–C–N with tert-alkyl or cyclic N) is 1. The molecule has 3 rings (SSSR count). The van der Waals surface area contributed by atoms with Crippen LogP contribution in [-0.2, 0) is 4.79 Å². The highest BCUT2D eigenvalue weighted by Crippen LogP contribution is 2.25. The van der Waals surface area contributed by atoms with Gasteiger partial charge in [-0.3, -0.25) is 14.7 Å². The van der Waals surface area contributed by atoms with Crippen LogP contribution in [0.15, 0.2) is 63.7 Å². The van der Waals surface area contributed by atoms with Gasteiger partial charge in [-0.15, -0.1) is 0 Å². The third-order valence-corrected chi connectivity index (χ3v) is 5.96. The molecule has 1 heterocycles. The summed E-state index contributed by atoms with van der Waals surface area (Å²) in [5.74, 6) is -0.398. The standard InChI is InChI=1S/C24H27BrN6O2/c1-17(28-20-4-2-19(25)3-5-20)22(16-27)24(33)29-21-6-7-23(18(14-21)15-26)31-10-8-30(9-11-31)12-13-32/h2-7,14,16,32H,8-13,27H2,1H3,(H,29,33). The summed E-state index contributed by atoms with van der Waals surface area (Å²) in [6.45, 7) is 5.71. The number of aliphatic imine (C=N–C) groups is 1. The van der Waals surface area contributed by atoms with Crippen molar-refractivity contribution in [1.82, 2.24) is 4.90 Å². The van der Waals surface area contributed by atoms with Crippen molar-refractivity contribution in [2.45, 2.75) is 6.92 Å². The molecule has 172 valence electrons. The Balaban J connectivity index is 1.71. The molecule has 0 spiro atoms. The first-order valence-electron chi connectivity index (χ1n) is 10.6. The van der Waals surface area contributed by atoms with Crippen molar-refractivity contribution >= 4 is 44.6 Å². The SMILES string of the molecule is CC(=Nc1ccc(Br)cc1)C(=CN)C(=O)Nc1ccc(N2CCN(CCO)CC2)c(C#N)c1. The maximum atomic E-state index is 12.8. The van der Waals surface area contributed by atoms with Crippen LogP contribution >= 0.6 is 15.9 Å². The predicted molar refractivity (Wildman–Crippen MR) is 135 cm³/mol. The van der Waals surface area contributed by atoms with Gasteiger partial charge in [-0.2, -0.15) is 5.26 Å². The first-order valence-corrected chi connectivity index (χ1v) is 11.4. The van der Waals surface area contributed by atoms with Crippen molar-refractivity contribution < 1.29 is 9.90 Å². The average Bonchev–Trinajstić information content (AvgIpc) is 2.82. The number of benzene rings is 2. The molecular weight excluding hydrogens is 484 g/mol. The third-order valence-electron chi connectivity index (χ3n) is 5.43. The van der Waals surface area contributed by atoms with Crippen molar-refractivity contribution in [3.63, 3.8) is 0 Å². The monoisotopic (exact) mass is 510 g/mol. The van der Waals surface area contributed by atoms with E-state index in [9.17, 15) is 10.1 Å². The van der Waals surface area contributed by atoms with E-state index in [-0.39, 0.29) is 12.2 Å². The van der Waals surface area contributed by atoms with E-state index in [1.165, 1.54) is 6.20 Å². The summed E-state index contributed by atoms with van der Waals surface area (Å²) in [7, 11) is 0. The number of carbonyl (C=O) groups is 1. The zero-order chi connectivity index (χ0) is 23.8. The van der Waals surface area contributed by atoms with E-state index < -0.39 is 5.91 Å². The number of amides is 1. The van der Waals surface area contributed by atoms with Gasteiger partial charge in [0.05, 0.1) is 34.8 Å². The number of aliphatic hydroxyl groups is 1. The van der Waals surface area contributed by atoms with Crippen LogP contribution in [0.1, 0.15) is 12.5 Å². The molecule has 1 aliphatic rings. The second-order valence-electron chi connectivity index (χ2n) is 7.60. The van der Waals surface area contributed by atoms with E-state index in [1.54, 1.807) is 19.1 Å². The molecule has 4 N–H and O–H groups in total. The Bertz CT molecular complexity index is 1080. The van der Waals surface area contributed by atoms with Crippen LogP contribution in [-0.4, -0.2) is 61.0 Å². The minimum atomic E-state index is -0.398. The highest BCUT2D eigenvalue weighted by Gasteiger charge is 2.20. The van der Waals surface area contributed by atoms with Crippen molar-refractivity contribution in [2.75, 3.05) is 49.5 Å². The second-order valence-corrected chi connectivity index (χ2v) is 8.52. The molecule has 9 heteroatoms. The number of rotatable bonds is 7. The van der Waals surface area contributed by atoms with Crippen LogP contribution in [0.4, 0.5) is 17.1 Å². The summed E-state index contributed by atoms with van der Waals surface area (Å²) >= 11 is 3.38. The minimum Gasteiger partial charge on any atom is -0.404 e. The number of hydrogen-bond donors (Lipinski definition) is 3. The van der Waals surface area contributed by atoms with Gasteiger partial charge in [-0.05, 0) is 49.4 Å². The van der Waals surface area contributed by atoms with Crippen molar-refractivity contribution in [3.05, 3.63) is 64.3 Å². The van der Waals surface area contributed by atoms with Crippen LogP contribution in [0.2, 0.25) is 0 Å². The van der Waals surface area contributed by atoms with Crippen LogP contribution in [0.3, 0.4) is 0 Å². The molecular formula is C24H27BrN6O2. The summed E-state index contributed by atoms with van der Waals surface area (Å²) in [5, 5.41) is 21.6. The largest absolute Gasteiger partial charge is 0.404 e. The van der Waals surface area contributed by atoms with Crippen LogP contribution in [0.5, 0.6) is 0 Å². The Kier molecular flexibility index (Phi) is 8.60. The number of nitriles is 1. The van der Waals surface area contributed by atoms with Gasteiger partial charge in [0.25, 0.3) is 5.91 Å². The highest BCUT2D eigenvalue weighted by molar-refractivity contribution is 9.10. The summed E-state index contributed by atoms with van der Waals surface area (Å²) in [6, 6.07) is 14.9. The molecule has 0 aliphatic carbocycles. The lowest BCUT2D eigenvalue weighted by molar-refractivity contribution is -0.112. The van der Waals surface area contributed by atoms with E-state index >= 15 is 0 Å². The lowest BCUT2D eigenvalue weighted by Crippen LogP contribution is -2.47. The van der Waals surface area contributed by atoms with E-state index in [4.69, 9.17) is 10.8 Å². The van der Waals surface area contributed by atoms with Crippen molar-refractivity contribution in [3.8, 4) is 6.07 Å². The minimum absolute atomic E-state index is 0.143. The fourth-order valence-electron chi connectivity index (χ4n) is 3.66. The first-order chi connectivity index (χ1) is 15.9. The molecule has 0 atom stereocenters. The Morgan fingerprint density at radius 3 is 2.55 bits per heavy atom. The molecule has 1 saturated heterocycles. The number of halogens is 1. The molecule has 2 aromatic rings. The van der Waals surface area contributed by atoms with Crippen LogP contribution in [0, 0.1) is 11.3 Å². The number of hydrogen-bond acceptors (Lipinski definition) is 7. The lowest BCUT2D eigenvalue weighted by Gasteiger charge is -2.36. The molecule has 8 nitrogen and oxygen atoms in total. The summed E-state index contributed by atoms with van der Waals surface area (Å²) in [5.41, 5.74) is 9.00. The normalized spacial score (nSPS) is 15.3. The molecule has 0 radical (unpaired) electrons. The van der Waals surface area contributed by atoms with Gasteiger partial charge in [0.15, 0.2) is 0 Å². The zero-order valence-electron chi connectivity index (χ0n) is 18.5. The fourth-order valence-corrected chi connectivity index (χ4v) is 3.93. The van der Waals surface area contributed by atoms with Gasteiger partial charge in [0.2, 0.25) is 0 Å². The molecule has 0 bridgehead atoms. The molecule has 1 amide bonds. The first kappa shape index (κ1) is 24.5. The smallest absolute Gasteiger partial charge is 0.258 e. The number of aliphatic hydroxyl groups excluding tert-OH is 1. The number of nitrogens with zero attached hydrogens (tertiary/aromatic N) is 4.